The highest BCUT2D eigenvalue weighted by atomic mass is 16.5. The Hall–Kier alpha value is -2.37. The van der Waals surface area contributed by atoms with E-state index < -0.39 is 12.0 Å². The Bertz CT molecular complexity index is 589. The predicted molar refractivity (Wildman–Crippen MR) is 110 cm³/mol. The number of hydrogen-bond acceptors (Lipinski definition) is 4. The van der Waals surface area contributed by atoms with Gasteiger partial charge >= 0.3 is 5.97 Å². The van der Waals surface area contributed by atoms with Crippen LogP contribution in [-0.4, -0.2) is 37.0 Å². The van der Waals surface area contributed by atoms with Gasteiger partial charge < -0.3 is 15.4 Å². The number of amides is 2. The van der Waals surface area contributed by atoms with Crippen molar-refractivity contribution >= 4 is 17.8 Å². The maximum atomic E-state index is 12.2. The zero-order valence-corrected chi connectivity index (χ0v) is 17.2. The lowest BCUT2D eigenvalue weighted by molar-refractivity contribution is -0.147. The molecule has 28 heavy (non-hydrogen) atoms. The quantitative estimate of drug-likeness (QED) is 0.377. The third kappa shape index (κ3) is 10.7. The Labute approximate surface area is 168 Å². The molecule has 1 rings (SSSR count). The lowest BCUT2D eigenvalue weighted by atomic mass is 10.1. The van der Waals surface area contributed by atoms with Crippen LogP contribution in [0.4, 0.5) is 0 Å². The second-order valence-corrected chi connectivity index (χ2v) is 6.81. The molecule has 1 aromatic rings. The van der Waals surface area contributed by atoms with Crippen molar-refractivity contribution in [3.63, 3.8) is 0 Å². The van der Waals surface area contributed by atoms with Crippen molar-refractivity contribution in [2.45, 2.75) is 71.3 Å². The summed E-state index contributed by atoms with van der Waals surface area (Å²) < 4.78 is 5.06. The molecule has 2 amide bonds. The third-order valence-corrected chi connectivity index (χ3v) is 4.39. The van der Waals surface area contributed by atoms with Crippen molar-refractivity contribution in [2.24, 2.45) is 0 Å². The Balaban J connectivity index is 2.39. The number of benzene rings is 1. The number of carbonyl (C=O) groups is 3. The zero-order valence-electron chi connectivity index (χ0n) is 17.2. The highest BCUT2D eigenvalue weighted by molar-refractivity contribution is 5.84. The first-order chi connectivity index (χ1) is 13.6. The number of unbranched alkanes of at least 4 members (excludes halogenated alkanes) is 2. The van der Waals surface area contributed by atoms with Crippen LogP contribution in [-0.2, 0) is 25.5 Å². The monoisotopic (exact) mass is 390 g/mol. The minimum absolute atomic E-state index is 0.0193. The van der Waals surface area contributed by atoms with Gasteiger partial charge in [0.15, 0.2) is 0 Å². The molecule has 0 fully saturated rings. The van der Waals surface area contributed by atoms with Gasteiger partial charge in [0.2, 0.25) is 11.8 Å². The topological polar surface area (TPSA) is 84.5 Å². The van der Waals surface area contributed by atoms with Crippen LogP contribution in [0.3, 0.4) is 0 Å². The van der Waals surface area contributed by atoms with Crippen molar-refractivity contribution < 1.29 is 19.1 Å². The Morgan fingerprint density at radius 1 is 0.964 bits per heavy atom. The van der Waals surface area contributed by atoms with Gasteiger partial charge in [-0.2, -0.15) is 0 Å². The van der Waals surface area contributed by atoms with E-state index in [-0.39, 0.29) is 18.4 Å². The smallest absolute Gasteiger partial charge is 0.328 e. The summed E-state index contributed by atoms with van der Waals surface area (Å²) in [4.78, 5) is 36.2. The molecule has 1 aromatic carbocycles. The molecule has 0 heterocycles. The molecule has 0 unspecified atom stereocenters. The molecule has 1 atom stereocenters. The van der Waals surface area contributed by atoms with Gasteiger partial charge in [0.25, 0.3) is 0 Å². The standard InChI is InChI=1S/C22H34N2O4/c1-3-5-9-17-23-20(25)14-10-13-19(22(27)28-4-2)24-21(26)16-15-18-11-7-6-8-12-18/h6-8,11-12,19H,3-5,9-10,13-17H2,1-2H3,(H,23,25)(H,24,26)/t19-/m0/s1. The number of hydrogen-bond donors (Lipinski definition) is 2. The number of rotatable bonds is 14. The summed E-state index contributed by atoms with van der Waals surface area (Å²) >= 11 is 0. The Kier molecular flexibility index (Phi) is 12.4. The number of aryl methyl sites for hydroxylation is 1. The second kappa shape index (κ2) is 14.7. The van der Waals surface area contributed by atoms with Gasteiger partial charge in [-0.05, 0) is 38.2 Å². The van der Waals surface area contributed by atoms with Crippen LogP contribution in [0.15, 0.2) is 30.3 Å². The van der Waals surface area contributed by atoms with Gasteiger partial charge in [-0.3, -0.25) is 9.59 Å². The summed E-state index contributed by atoms with van der Waals surface area (Å²) in [6.45, 7) is 4.79. The van der Waals surface area contributed by atoms with Crippen LogP contribution >= 0.6 is 0 Å². The molecule has 0 radical (unpaired) electrons. The van der Waals surface area contributed by atoms with Gasteiger partial charge in [-0.25, -0.2) is 4.79 Å². The van der Waals surface area contributed by atoms with E-state index in [2.05, 4.69) is 17.6 Å². The Morgan fingerprint density at radius 3 is 2.39 bits per heavy atom. The number of esters is 1. The average Bonchev–Trinajstić information content (AvgIpc) is 2.70. The van der Waals surface area contributed by atoms with Crippen molar-refractivity contribution in [1.82, 2.24) is 10.6 Å². The van der Waals surface area contributed by atoms with Crippen LogP contribution in [0.25, 0.3) is 0 Å². The molecule has 0 bridgehead atoms. The molecule has 0 aromatic heterocycles. The largest absolute Gasteiger partial charge is 0.464 e. The predicted octanol–water partition coefficient (Wildman–Crippen LogP) is 3.14. The normalized spacial score (nSPS) is 11.5. The third-order valence-electron chi connectivity index (χ3n) is 4.39. The van der Waals surface area contributed by atoms with Gasteiger partial charge in [-0.15, -0.1) is 0 Å². The molecule has 0 aliphatic heterocycles. The molecule has 6 nitrogen and oxygen atoms in total. The van der Waals surface area contributed by atoms with Crippen molar-refractivity contribution in [2.75, 3.05) is 13.2 Å². The second-order valence-electron chi connectivity index (χ2n) is 6.81. The molecule has 0 aliphatic carbocycles. The fourth-order valence-electron chi connectivity index (χ4n) is 2.82. The van der Waals surface area contributed by atoms with Crippen LogP contribution in [0.1, 0.15) is 64.4 Å². The van der Waals surface area contributed by atoms with Crippen LogP contribution in [0.5, 0.6) is 0 Å². The number of carbonyl (C=O) groups excluding carboxylic acids is 3. The van der Waals surface area contributed by atoms with E-state index in [1.807, 2.05) is 30.3 Å². The highest BCUT2D eigenvalue weighted by Crippen LogP contribution is 2.06. The van der Waals surface area contributed by atoms with E-state index in [4.69, 9.17) is 4.74 Å². The van der Waals surface area contributed by atoms with Gasteiger partial charge in [0.1, 0.15) is 6.04 Å². The molecular weight excluding hydrogens is 356 g/mol. The van der Waals surface area contributed by atoms with E-state index in [1.54, 1.807) is 6.92 Å². The maximum absolute atomic E-state index is 12.2. The van der Waals surface area contributed by atoms with E-state index in [9.17, 15) is 14.4 Å². The first-order valence-electron chi connectivity index (χ1n) is 10.3. The summed E-state index contributed by atoms with van der Waals surface area (Å²) in [6.07, 6.45) is 5.34. The molecule has 6 heteroatoms. The molecule has 0 saturated heterocycles. The molecule has 0 spiro atoms. The van der Waals surface area contributed by atoms with Crippen molar-refractivity contribution in [3.8, 4) is 0 Å². The van der Waals surface area contributed by atoms with Crippen molar-refractivity contribution in [3.05, 3.63) is 35.9 Å². The molecule has 0 saturated carbocycles. The first kappa shape index (κ1) is 23.7. The zero-order chi connectivity index (χ0) is 20.6. The summed E-state index contributed by atoms with van der Waals surface area (Å²) in [5.41, 5.74) is 1.07. The summed E-state index contributed by atoms with van der Waals surface area (Å²) in [5.74, 6) is -0.654. The lowest BCUT2D eigenvalue weighted by Crippen LogP contribution is -2.42. The molecule has 2 N–H and O–H groups in total. The van der Waals surface area contributed by atoms with Crippen LogP contribution in [0, 0.1) is 0 Å². The Morgan fingerprint density at radius 2 is 1.71 bits per heavy atom. The van der Waals surface area contributed by atoms with E-state index >= 15 is 0 Å². The van der Waals surface area contributed by atoms with Crippen LogP contribution < -0.4 is 10.6 Å². The van der Waals surface area contributed by atoms with Crippen LogP contribution in [0.2, 0.25) is 0 Å². The minimum Gasteiger partial charge on any atom is -0.464 e. The van der Waals surface area contributed by atoms with E-state index in [1.165, 1.54) is 0 Å². The van der Waals surface area contributed by atoms with Crippen molar-refractivity contribution in [1.29, 1.82) is 0 Å². The molecule has 156 valence electrons. The van der Waals surface area contributed by atoms with Gasteiger partial charge in [-0.1, -0.05) is 50.1 Å². The summed E-state index contributed by atoms with van der Waals surface area (Å²) in [5, 5.41) is 5.64. The number of ether oxygens (including phenoxy) is 1. The number of nitrogens with one attached hydrogen (secondary N) is 2. The van der Waals surface area contributed by atoms with Gasteiger partial charge in [0.05, 0.1) is 6.61 Å². The summed E-state index contributed by atoms with van der Waals surface area (Å²) in [6, 6.07) is 9.02. The fourth-order valence-corrected chi connectivity index (χ4v) is 2.82. The lowest BCUT2D eigenvalue weighted by Gasteiger charge is -2.17. The molecule has 0 aliphatic rings. The highest BCUT2D eigenvalue weighted by Gasteiger charge is 2.22. The first-order valence-corrected chi connectivity index (χ1v) is 10.3. The minimum atomic E-state index is -0.712. The fraction of sp³-hybridized carbons (Fsp3) is 0.591. The SMILES string of the molecule is CCCCCNC(=O)CCC[C@H](NC(=O)CCc1ccccc1)C(=O)OCC. The summed E-state index contributed by atoms with van der Waals surface area (Å²) in [7, 11) is 0. The van der Waals surface area contributed by atoms with Gasteiger partial charge in [0, 0.05) is 19.4 Å². The average molecular weight is 391 g/mol. The molecular formula is C22H34N2O4. The maximum Gasteiger partial charge on any atom is 0.328 e. The van der Waals surface area contributed by atoms with E-state index in [0.717, 1.165) is 24.8 Å². The van der Waals surface area contributed by atoms with E-state index in [0.29, 0.717) is 38.6 Å².